The molecule has 1 atom stereocenters. The Labute approximate surface area is 117 Å². The summed E-state index contributed by atoms with van der Waals surface area (Å²) in [6.45, 7) is 4.41. The van der Waals surface area contributed by atoms with Crippen LogP contribution in [0.3, 0.4) is 0 Å². The first-order chi connectivity index (χ1) is 9.08. The van der Waals surface area contributed by atoms with Crippen LogP contribution in [0.25, 0.3) is 0 Å². The summed E-state index contributed by atoms with van der Waals surface area (Å²) in [6.07, 6.45) is 11.2. The molecule has 4 fully saturated rings. The lowest BCUT2D eigenvalue weighted by Crippen LogP contribution is -2.59. The molecule has 0 aromatic rings. The fourth-order valence-electron chi connectivity index (χ4n) is 5.52. The van der Waals surface area contributed by atoms with Crippen molar-refractivity contribution in [1.29, 1.82) is 0 Å². The lowest BCUT2D eigenvalue weighted by molar-refractivity contribution is -0.127. The summed E-state index contributed by atoms with van der Waals surface area (Å²) in [4.78, 5) is 12.3. The predicted octanol–water partition coefficient (Wildman–Crippen LogP) is 3.90. The number of carbonyl (C=O) groups excluding carboxylic acids is 1. The minimum atomic E-state index is 0.206. The van der Waals surface area contributed by atoms with Crippen LogP contribution in [0, 0.1) is 23.7 Å². The zero-order valence-corrected chi connectivity index (χ0v) is 12.6. The van der Waals surface area contributed by atoms with E-state index in [1.54, 1.807) is 0 Å². The topological polar surface area (TPSA) is 29.1 Å². The van der Waals surface area contributed by atoms with E-state index in [-0.39, 0.29) is 5.54 Å². The fraction of sp³-hybridized carbons (Fsp3) is 0.941. The Balaban J connectivity index is 1.58. The third-order valence-corrected chi connectivity index (χ3v) is 5.76. The average Bonchev–Trinajstić information content (AvgIpc) is 2.25. The van der Waals surface area contributed by atoms with Gasteiger partial charge in [-0.25, -0.2) is 0 Å². The van der Waals surface area contributed by atoms with Gasteiger partial charge in [0.2, 0.25) is 5.91 Å². The predicted molar refractivity (Wildman–Crippen MR) is 77.7 cm³/mol. The van der Waals surface area contributed by atoms with Crippen molar-refractivity contribution in [2.24, 2.45) is 23.7 Å². The molecule has 0 heterocycles. The van der Waals surface area contributed by atoms with Gasteiger partial charge in [-0.1, -0.05) is 26.7 Å². The van der Waals surface area contributed by atoms with E-state index in [0.717, 1.165) is 24.2 Å². The molecule has 2 nitrogen and oxygen atoms in total. The average molecular weight is 263 g/mol. The first-order valence-corrected chi connectivity index (χ1v) is 8.39. The largest absolute Gasteiger partial charge is 0.351 e. The van der Waals surface area contributed by atoms with Gasteiger partial charge in [0.15, 0.2) is 0 Å². The highest BCUT2D eigenvalue weighted by Gasteiger charge is 2.51. The second kappa shape index (κ2) is 5.10. The van der Waals surface area contributed by atoms with Crippen molar-refractivity contribution in [1.82, 2.24) is 5.32 Å². The molecule has 0 radical (unpaired) electrons. The van der Waals surface area contributed by atoms with E-state index >= 15 is 0 Å². The van der Waals surface area contributed by atoms with Gasteiger partial charge in [0.05, 0.1) is 0 Å². The Hall–Kier alpha value is -0.530. The molecule has 0 aromatic carbocycles. The van der Waals surface area contributed by atoms with Gasteiger partial charge in [-0.3, -0.25) is 4.79 Å². The lowest BCUT2D eigenvalue weighted by Gasteiger charge is -2.57. The van der Waals surface area contributed by atoms with Crippen molar-refractivity contribution in [3.8, 4) is 0 Å². The Morgan fingerprint density at radius 2 is 1.68 bits per heavy atom. The van der Waals surface area contributed by atoms with Crippen LogP contribution in [0.15, 0.2) is 0 Å². The quantitative estimate of drug-likeness (QED) is 0.801. The maximum absolute atomic E-state index is 12.3. The zero-order chi connectivity index (χ0) is 13.5. The summed E-state index contributed by atoms with van der Waals surface area (Å²) in [7, 11) is 0. The third-order valence-electron chi connectivity index (χ3n) is 5.76. The Kier molecular flexibility index (Phi) is 3.61. The summed E-state index contributed by atoms with van der Waals surface area (Å²) in [5.41, 5.74) is 0.206. The van der Waals surface area contributed by atoms with Crippen LogP contribution in [-0.4, -0.2) is 11.4 Å². The van der Waals surface area contributed by atoms with Crippen molar-refractivity contribution >= 4 is 5.91 Å². The van der Waals surface area contributed by atoms with Crippen LogP contribution >= 0.6 is 0 Å². The number of hydrogen-bond donors (Lipinski definition) is 1. The van der Waals surface area contributed by atoms with Gasteiger partial charge in [-0.05, 0) is 62.2 Å². The summed E-state index contributed by atoms with van der Waals surface area (Å²) in [5, 5.41) is 3.47. The molecule has 0 saturated heterocycles. The molecule has 108 valence electrons. The number of rotatable bonds is 5. The van der Waals surface area contributed by atoms with E-state index in [4.69, 9.17) is 0 Å². The Morgan fingerprint density at radius 1 is 1.16 bits per heavy atom. The smallest absolute Gasteiger partial charge is 0.220 e. The van der Waals surface area contributed by atoms with E-state index < -0.39 is 0 Å². The van der Waals surface area contributed by atoms with E-state index in [9.17, 15) is 4.79 Å². The molecule has 2 heteroatoms. The molecule has 4 rings (SSSR count). The monoisotopic (exact) mass is 263 g/mol. The van der Waals surface area contributed by atoms with Crippen LogP contribution < -0.4 is 5.32 Å². The molecular formula is C17H29NO. The van der Waals surface area contributed by atoms with Crippen molar-refractivity contribution in [3.63, 3.8) is 0 Å². The molecule has 0 aliphatic heterocycles. The van der Waals surface area contributed by atoms with Gasteiger partial charge < -0.3 is 5.32 Å². The standard InChI is InChI=1S/C17H29NO/c1-3-4-12(2)5-16(19)18-17-9-13-6-14(10-17)8-15(7-13)11-17/h12-15H,3-11H2,1-2H3,(H,18,19). The second-order valence-electron chi connectivity index (χ2n) is 7.84. The molecule has 1 amide bonds. The number of amides is 1. The molecule has 4 bridgehead atoms. The maximum Gasteiger partial charge on any atom is 0.220 e. The van der Waals surface area contributed by atoms with Crippen LogP contribution in [0.1, 0.15) is 71.6 Å². The highest BCUT2D eigenvalue weighted by molar-refractivity contribution is 5.77. The second-order valence-corrected chi connectivity index (χ2v) is 7.84. The van der Waals surface area contributed by atoms with Crippen molar-refractivity contribution in [3.05, 3.63) is 0 Å². The normalized spacial score (nSPS) is 41.3. The number of carbonyl (C=O) groups is 1. The van der Waals surface area contributed by atoms with Crippen LogP contribution in [0.2, 0.25) is 0 Å². The molecule has 1 unspecified atom stereocenters. The molecule has 4 saturated carbocycles. The maximum atomic E-state index is 12.3. The van der Waals surface area contributed by atoms with Gasteiger partial charge in [0, 0.05) is 12.0 Å². The summed E-state index contributed by atoms with van der Waals surface area (Å²) < 4.78 is 0. The molecule has 19 heavy (non-hydrogen) atoms. The third kappa shape index (κ3) is 2.83. The van der Waals surface area contributed by atoms with Crippen LogP contribution in [0.4, 0.5) is 0 Å². The van der Waals surface area contributed by atoms with Gasteiger partial charge >= 0.3 is 0 Å². The van der Waals surface area contributed by atoms with E-state index in [1.807, 2.05) is 0 Å². The van der Waals surface area contributed by atoms with Crippen LogP contribution in [-0.2, 0) is 4.79 Å². The summed E-state index contributed by atoms with van der Waals surface area (Å²) in [5.74, 6) is 3.61. The van der Waals surface area contributed by atoms with Crippen molar-refractivity contribution in [2.45, 2.75) is 77.2 Å². The minimum Gasteiger partial charge on any atom is -0.351 e. The zero-order valence-electron chi connectivity index (χ0n) is 12.6. The van der Waals surface area contributed by atoms with Gasteiger partial charge in [0.1, 0.15) is 0 Å². The first kappa shape index (κ1) is 13.5. The molecular weight excluding hydrogens is 234 g/mol. The molecule has 4 aliphatic rings. The molecule has 1 N–H and O–H groups in total. The summed E-state index contributed by atoms with van der Waals surface area (Å²) >= 11 is 0. The van der Waals surface area contributed by atoms with Crippen molar-refractivity contribution < 1.29 is 4.79 Å². The Bertz CT molecular complexity index is 314. The molecule has 4 aliphatic carbocycles. The lowest BCUT2D eigenvalue weighted by atomic mass is 9.53. The van der Waals surface area contributed by atoms with Gasteiger partial charge in [-0.15, -0.1) is 0 Å². The Morgan fingerprint density at radius 3 is 2.16 bits per heavy atom. The van der Waals surface area contributed by atoms with E-state index in [1.165, 1.54) is 51.4 Å². The first-order valence-electron chi connectivity index (χ1n) is 8.39. The van der Waals surface area contributed by atoms with Crippen molar-refractivity contribution in [2.75, 3.05) is 0 Å². The number of hydrogen-bond acceptors (Lipinski definition) is 1. The highest BCUT2D eigenvalue weighted by Crippen LogP contribution is 2.55. The fourth-order valence-corrected chi connectivity index (χ4v) is 5.52. The van der Waals surface area contributed by atoms with Crippen LogP contribution in [0.5, 0.6) is 0 Å². The molecule has 0 aromatic heterocycles. The summed E-state index contributed by atoms with van der Waals surface area (Å²) in [6, 6.07) is 0. The van der Waals surface area contributed by atoms with Gasteiger partial charge in [-0.2, -0.15) is 0 Å². The highest BCUT2D eigenvalue weighted by atomic mass is 16.1. The van der Waals surface area contributed by atoms with E-state index in [2.05, 4.69) is 19.2 Å². The SMILES string of the molecule is CCCC(C)CC(=O)NC12CC3CC(CC(C3)C1)C2. The minimum absolute atomic E-state index is 0.206. The molecule has 0 spiro atoms. The van der Waals surface area contributed by atoms with Gasteiger partial charge in [0.25, 0.3) is 0 Å². The number of nitrogens with one attached hydrogen (secondary N) is 1. The van der Waals surface area contributed by atoms with E-state index in [0.29, 0.717) is 11.8 Å².